The lowest BCUT2D eigenvalue weighted by Gasteiger charge is -1.88. The average molecular weight is 256 g/mol. The summed E-state index contributed by atoms with van der Waals surface area (Å²) in [5, 5.41) is 16.6. The number of nitrogens with one attached hydrogen (secondary N) is 1. The molecule has 0 atom stereocenters. The topological polar surface area (TPSA) is 117 Å². The van der Waals surface area contributed by atoms with E-state index in [2.05, 4.69) is 25.3 Å². The number of nitrogens with zero attached hydrogens (tertiary/aromatic N) is 5. The second-order valence-electron chi connectivity index (χ2n) is 3.80. The highest BCUT2D eigenvalue weighted by Crippen LogP contribution is 2.17. The molecule has 8 nitrogen and oxygen atoms in total. The molecule has 0 amide bonds. The molecule has 0 aliphatic heterocycles. The van der Waals surface area contributed by atoms with Crippen molar-refractivity contribution in [3.8, 4) is 17.7 Å². The zero-order chi connectivity index (χ0) is 13.2. The summed E-state index contributed by atoms with van der Waals surface area (Å²) in [5.74, 6) is 1.70. The normalized spacial score (nSPS) is 10.5. The molecule has 3 rings (SSSR count). The summed E-state index contributed by atoms with van der Waals surface area (Å²) in [4.78, 5) is 11.1. The Bertz CT molecular complexity index is 734. The molecule has 19 heavy (non-hydrogen) atoms. The minimum atomic E-state index is 0.244. The third-order valence-electron chi connectivity index (χ3n) is 2.54. The van der Waals surface area contributed by atoms with Crippen molar-refractivity contribution < 1.29 is 9.05 Å². The smallest absolute Gasteiger partial charge is 0.238 e. The maximum Gasteiger partial charge on any atom is 0.238 e. The Balaban J connectivity index is 1.87. The molecular weight excluding hydrogens is 248 g/mol. The Morgan fingerprint density at radius 2 is 2.26 bits per heavy atom. The summed E-state index contributed by atoms with van der Waals surface area (Å²) in [5.41, 5.74) is 0.882. The monoisotopic (exact) mass is 256 g/mol. The molecule has 0 aliphatic carbocycles. The van der Waals surface area contributed by atoms with Crippen molar-refractivity contribution in [2.75, 3.05) is 0 Å². The zero-order valence-corrected chi connectivity index (χ0v) is 9.91. The Hall–Kier alpha value is -2.95. The average Bonchev–Trinajstić information content (AvgIpc) is 3.11. The summed E-state index contributed by atoms with van der Waals surface area (Å²) < 4.78 is 10.0. The number of hydrogen-bond donors (Lipinski definition) is 1. The van der Waals surface area contributed by atoms with Gasteiger partial charge in [-0.2, -0.15) is 10.2 Å². The minimum Gasteiger partial charge on any atom is -0.360 e. The lowest BCUT2D eigenvalue weighted by Crippen LogP contribution is -1.92. The standard InChI is InChI=1S/C11H8N6O2/c1-6-7(5-12)8(16-18-6)4-9-15-11(17-19-9)10-13-2-3-14-10/h2-3H,4H2,1H3,(H,13,14). The molecule has 3 aromatic rings. The first kappa shape index (κ1) is 11.2. The van der Waals surface area contributed by atoms with Crippen molar-refractivity contribution in [2.24, 2.45) is 0 Å². The van der Waals surface area contributed by atoms with Gasteiger partial charge >= 0.3 is 0 Å². The predicted molar refractivity (Wildman–Crippen MR) is 60.6 cm³/mol. The number of nitriles is 1. The van der Waals surface area contributed by atoms with Crippen LogP contribution >= 0.6 is 0 Å². The SMILES string of the molecule is Cc1onc(Cc2nc(-c3ncc[nH]3)no2)c1C#N. The van der Waals surface area contributed by atoms with E-state index in [-0.39, 0.29) is 6.42 Å². The highest BCUT2D eigenvalue weighted by Gasteiger charge is 2.17. The van der Waals surface area contributed by atoms with E-state index in [1.54, 1.807) is 19.3 Å². The number of aromatic amines is 1. The summed E-state index contributed by atoms with van der Waals surface area (Å²) in [6.45, 7) is 1.68. The van der Waals surface area contributed by atoms with Crippen LogP contribution in [-0.4, -0.2) is 25.3 Å². The first-order chi connectivity index (χ1) is 9.28. The summed E-state index contributed by atoms with van der Waals surface area (Å²) >= 11 is 0. The van der Waals surface area contributed by atoms with Crippen LogP contribution in [0.2, 0.25) is 0 Å². The lowest BCUT2D eigenvalue weighted by atomic mass is 10.2. The van der Waals surface area contributed by atoms with Gasteiger partial charge in [-0.1, -0.05) is 10.3 Å². The molecule has 1 N–H and O–H groups in total. The van der Waals surface area contributed by atoms with Crippen LogP contribution in [-0.2, 0) is 6.42 Å². The molecule has 3 heterocycles. The molecule has 0 aliphatic rings. The molecule has 8 heteroatoms. The van der Waals surface area contributed by atoms with Crippen molar-refractivity contribution in [3.05, 3.63) is 35.3 Å². The Labute approximate surface area is 107 Å². The van der Waals surface area contributed by atoms with E-state index in [4.69, 9.17) is 14.3 Å². The quantitative estimate of drug-likeness (QED) is 0.748. The van der Waals surface area contributed by atoms with Crippen LogP contribution < -0.4 is 0 Å². The minimum absolute atomic E-state index is 0.244. The van der Waals surface area contributed by atoms with Gasteiger partial charge in [-0.3, -0.25) is 0 Å². The summed E-state index contributed by atoms with van der Waals surface area (Å²) in [7, 11) is 0. The van der Waals surface area contributed by atoms with Gasteiger partial charge in [-0.05, 0) is 6.92 Å². The molecule has 0 unspecified atom stereocenters. The molecule has 0 bridgehead atoms. The highest BCUT2D eigenvalue weighted by molar-refractivity contribution is 5.41. The number of aromatic nitrogens is 5. The fourth-order valence-corrected chi connectivity index (χ4v) is 1.64. The number of aryl methyl sites for hydroxylation is 1. The van der Waals surface area contributed by atoms with Crippen molar-refractivity contribution in [1.29, 1.82) is 5.26 Å². The number of rotatable bonds is 3. The van der Waals surface area contributed by atoms with Gasteiger partial charge in [0.05, 0.1) is 6.42 Å². The van der Waals surface area contributed by atoms with Crippen molar-refractivity contribution in [2.45, 2.75) is 13.3 Å². The maximum atomic E-state index is 8.99. The van der Waals surface area contributed by atoms with E-state index < -0.39 is 0 Å². The Kier molecular flexibility index (Phi) is 2.57. The highest BCUT2D eigenvalue weighted by atomic mass is 16.5. The molecular formula is C11H8N6O2. The van der Waals surface area contributed by atoms with Crippen LogP contribution in [0, 0.1) is 18.3 Å². The van der Waals surface area contributed by atoms with Gasteiger partial charge < -0.3 is 14.0 Å². The van der Waals surface area contributed by atoms with Gasteiger partial charge in [0, 0.05) is 12.4 Å². The summed E-state index contributed by atoms with van der Waals surface area (Å²) in [6, 6.07) is 2.03. The molecule has 0 aromatic carbocycles. The fourth-order valence-electron chi connectivity index (χ4n) is 1.64. The van der Waals surface area contributed by atoms with E-state index in [0.29, 0.717) is 34.6 Å². The third-order valence-corrected chi connectivity index (χ3v) is 2.54. The van der Waals surface area contributed by atoms with Gasteiger partial charge in [0.25, 0.3) is 0 Å². The molecule has 0 fully saturated rings. The van der Waals surface area contributed by atoms with Crippen LogP contribution in [0.15, 0.2) is 21.4 Å². The van der Waals surface area contributed by atoms with Gasteiger partial charge in [-0.25, -0.2) is 4.98 Å². The largest absolute Gasteiger partial charge is 0.360 e. The van der Waals surface area contributed by atoms with Gasteiger partial charge in [0.1, 0.15) is 17.3 Å². The predicted octanol–water partition coefficient (Wildman–Crippen LogP) is 1.22. The van der Waals surface area contributed by atoms with E-state index >= 15 is 0 Å². The Morgan fingerprint density at radius 3 is 3.00 bits per heavy atom. The van der Waals surface area contributed by atoms with Crippen molar-refractivity contribution in [1.82, 2.24) is 25.3 Å². The van der Waals surface area contributed by atoms with Crippen LogP contribution in [0.5, 0.6) is 0 Å². The Morgan fingerprint density at radius 1 is 1.37 bits per heavy atom. The van der Waals surface area contributed by atoms with E-state index in [1.165, 1.54) is 0 Å². The third kappa shape index (κ3) is 1.97. The summed E-state index contributed by atoms with van der Waals surface area (Å²) in [6.07, 6.45) is 3.51. The first-order valence-corrected chi connectivity index (χ1v) is 5.45. The maximum absolute atomic E-state index is 8.99. The molecule has 0 radical (unpaired) electrons. The van der Waals surface area contributed by atoms with Crippen molar-refractivity contribution >= 4 is 0 Å². The van der Waals surface area contributed by atoms with E-state index in [1.807, 2.05) is 6.07 Å². The zero-order valence-electron chi connectivity index (χ0n) is 9.91. The van der Waals surface area contributed by atoms with Crippen LogP contribution in [0.1, 0.15) is 22.9 Å². The van der Waals surface area contributed by atoms with E-state index in [9.17, 15) is 0 Å². The van der Waals surface area contributed by atoms with Gasteiger partial charge in [0.15, 0.2) is 11.6 Å². The molecule has 94 valence electrons. The molecule has 0 spiro atoms. The first-order valence-electron chi connectivity index (χ1n) is 5.45. The van der Waals surface area contributed by atoms with Crippen molar-refractivity contribution in [3.63, 3.8) is 0 Å². The lowest BCUT2D eigenvalue weighted by molar-refractivity contribution is 0.371. The van der Waals surface area contributed by atoms with Crippen LogP contribution in [0.25, 0.3) is 11.6 Å². The number of imidazole rings is 1. The second-order valence-corrected chi connectivity index (χ2v) is 3.80. The molecule has 0 saturated carbocycles. The van der Waals surface area contributed by atoms with Crippen LogP contribution in [0.3, 0.4) is 0 Å². The van der Waals surface area contributed by atoms with Gasteiger partial charge in [0.2, 0.25) is 11.7 Å². The second kappa shape index (κ2) is 4.38. The number of H-pyrrole nitrogens is 1. The molecule has 3 aromatic heterocycles. The van der Waals surface area contributed by atoms with Gasteiger partial charge in [-0.15, -0.1) is 0 Å². The number of hydrogen-bond acceptors (Lipinski definition) is 7. The fraction of sp³-hybridized carbons (Fsp3) is 0.182. The van der Waals surface area contributed by atoms with Crippen LogP contribution in [0.4, 0.5) is 0 Å². The molecule has 0 saturated heterocycles. The van der Waals surface area contributed by atoms with E-state index in [0.717, 1.165) is 0 Å².